The van der Waals surface area contributed by atoms with Gasteiger partial charge in [-0.2, -0.15) is 0 Å². The molecule has 0 amide bonds. The Bertz CT molecular complexity index is 2430. The maximum absolute atomic E-state index is 4.28. The first-order chi connectivity index (χ1) is 32.5. The van der Waals surface area contributed by atoms with Gasteiger partial charge in [0.2, 0.25) is 0 Å². The summed E-state index contributed by atoms with van der Waals surface area (Å²) in [5.41, 5.74) is 20.9. The summed E-state index contributed by atoms with van der Waals surface area (Å²) < 4.78 is 0. The normalized spacial score (nSPS) is 14.3. The minimum absolute atomic E-state index is 0.0144. The van der Waals surface area contributed by atoms with Crippen LogP contribution < -0.4 is 0 Å². The van der Waals surface area contributed by atoms with Crippen molar-refractivity contribution in [1.29, 1.82) is 0 Å². The largest absolute Gasteiger partial charge is 0.0991 e. The minimum atomic E-state index is -0.0272. The van der Waals surface area contributed by atoms with E-state index in [0.29, 0.717) is 5.92 Å². The van der Waals surface area contributed by atoms with Gasteiger partial charge in [0.05, 0.1) is 0 Å². The Kier molecular flexibility index (Phi) is 25.3. The fourth-order valence-corrected chi connectivity index (χ4v) is 9.40. The highest BCUT2D eigenvalue weighted by Gasteiger charge is 2.45. The third kappa shape index (κ3) is 13.6. The van der Waals surface area contributed by atoms with Gasteiger partial charge in [0, 0.05) is 11.3 Å². The number of allylic oxidation sites excluding steroid dienone is 15. The molecule has 2 atom stereocenters. The number of fused-ring (bicyclic) bond motifs is 5. The highest BCUT2D eigenvalue weighted by molar-refractivity contribution is 5.92. The lowest BCUT2D eigenvalue weighted by molar-refractivity contribution is 0.571. The molecule has 0 N–H and O–H groups in total. The van der Waals surface area contributed by atoms with Crippen LogP contribution in [0, 0.1) is 6.92 Å². The molecule has 6 rings (SSSR count). The zero-order chi connectivity index (χ0) is 50.1. The average molecular weight is 891 g/mol. The highest BCUT2D eigenvalue weighted by Crippen LogP contribution is 2.58. The van der Waals surface area contributed by atoms with E-state index in [1.807, 2.05) is 78.0 Å². The molecule has 0 aliphatic heterocycles. The van der Waals surface area contributed by atoms with Crippen molar-refractivity contribution in [2.45, 2.75) is 139 Å². The molecular formula is C67H86. The third-order valence-corrected chi connectivity index (χ3v) is 12.8. The molecule has 0 radical (unpaired) electrons. The SMILES string of the molecule is C/C=C\C(C)=C/C.C=C/C(C)=C(\C=C/C)c1cccc(CCC)c1C(C)CC.C=C/C=C(\C=C)C(c1ccccc1)c1cc2c(c(C=C)c1C=C)-c1ccc(C)cc1C21CC=CC1.CC.CC. The van der Waals surface area contributed by atoms with Crippen molar-refractivity contribution in [2.24, 2.45) is 0 Å². The van der Waals surface area contributed by atoms with Crippen molar-refractivity contribution in [2.75, 3.05) is 0 Å². The summed E-state index contributed by atoms with van der Waals surface area (Å²) in [5, 5.41) is 0. The first-order valence-corrected chi connectivity index (χ1v) is 25.1. The first-order valence-electron chi connectivity index (χ1n) is 25.1. The molecule has 1 spiro atoms. The molecule has 4 aromatic rings. The smallest absolute Gasteiger partial charge is 0.0346 e. The van der Waals surface area contributed by atoms with Crippen LogP contribution in [0.1, 0.15) is 176 Å². The van der Waals surface area contributed by atoms with Crippen LogP contribution in [0.3, 0.4) is 0 Å². The summed E-state index contributed by atoms with van der Waals surface area (Å²) in [5.74, 6) is 0.598. The summed E-state index contributed by atoms with van der Waals surface area (Å²) in [6, 6.07) is 26.8. The van der Waals surface area contributed by atoms with E-state index >= 15 is 0 Å². The van der Waals surface area contributed by atoms with Crippen molar-refractivity contribution in [1.82, 2.24) is 0 Å². The summed E-state index contributed by atoms with van der Waals surface area (Å²) in [4.78, 5) is 0. The van der Waals surface area contributed by atoms with Gasteiger partial charge in [-0.15, -0.1) is 0 Å². The standard InChI is InChI=1S/C35H32.C21H30.C7H12.2C2H6/c1-6-15-25(7-2)33(26-16-11-10-12-17-26)30-23-32-34(28(9-4)27(30)8-3)29-19-18-24(5)22-31(29)35(32)20-13-14-21-35;1-7-12-18-14-11-15-20(21(18)17(6)10-4)19(13-8-2)16(5)9-3;1-4-6-7(3)5-2;2*1-2/h6-19,22-23,33H,1-4,20-21H2,5H3;8-9,11,13-15,17H,3,7,10,12H2,1-2,4-6H3;4-6H,1-3H3;2*1-2H3/b25-15+;13-8-,19-16+;6-4-,7-5-;;. The number of hydrogen-bond donors (Lipinski definition) is 0. The van der Waals surface area contributed by atoms with Crippen molar-refractivity contribution in [3.05, 3.63) is 245 Å². The van der Waals surface area contributed by atoms with Crippen LogP contribution in [-0.2, 0) is 11.8 Å². The molecule has 0 nitrogen and oxygen atoms in total. The predicted octanol–water partition coefficient (Wildman–Crippen LogP) is 20.6. The van der Waals surface area contributed by atoms with E-state index in [1.165, 1.54) is 90.8 Å². The molecule has 0 fully saturated rings. The van der Waals surface area contributed by atoms with Crippen LogP contribution in [0.15, 0.2) is 189 Å². The molecule has 2 unspecified atom stereocenters. The topological polar surface area (TPSA) is 0 Å². The van der Waals surface area contributed by atoms with Crippen LogP contribution in [0.4, 0.5) is 0 Å². The van der Waals surface area contributed by atoms with E-state index in [2.05, 4.69) is 197 Å². The molecule has 67 heavy (non-hydrogen) atoms. The molecule has 0 bridgehead atoms. The molecule has 0 heteroatoms. The number of aryl methyl sites for hydroxylation is 2. The molecule has 0 aromatic heterocycles. The van der Waals surface area contributed by atoms with E-state index in [1.54, 1.807) is 0 Å². The van der Waals surface area contributed by atoms with Crippen LogP contribution in [0.25, 0.3) is 28.9 Å². The molecule has 354 valence electrons. The van der Waals surface area contributed by atoms with Gasteiger partial charge in [0.1, 0.15) is 0 Å². The van der Waals surface area contributed by atoms with Gasteiger partial charge in [-0.1, -0.05) is 251 Å². The summed E-state index contributed by atoms with van der Waals surface area (Å²) in [6.07, 6.45) is 32.7. The second-order valence-corrected chi connectivity index (χ2v) is 16.9. The van der Waals surface area contributed by atoms with Crippen molar-refractivity contribution < 1.29 is 0 Å². The van der Waals surface area contributed by atoms with Gasteiger partial charge < -0.3 is 0 Å². The Morgan fingerprint density at radius 2 is 1.37 bits per heavy atom. The fraction of sp³-hybridized carbons (Fsp3) is 0.313. The minimum Gasteiger partial charge on any atom is -0.0991 e. The maximum Gasteiger partial charge on any atom is 0.0346 e. The lowest BCUT2D eigenvalue weighted by Crippen LogP contribution is -2.22. The second-order valence-electron chi connectivity index (χ2n) is 16.9. The molecule has 2 aliphatic rings. The number of rotatable bonds is 15. The Morgan fingerprint density at radius 1 is 0.731 bits per heavy atom. The van der Waals surface area contributed by atoms with Gasteiger partial charge in [-0.3, -0.25) is 0 Å². The second kappa shape index (κ2) is 29.6. The van der Waals surface area contributed by atoms with E-state index in [4.69, 9.17) is 0 Å². The van der Waals surface area contributed by atoms with Crippen LogP contribution in [0.2, 0.25) is 0 Å². The summed E-state index contributed by atoms with van der Waals surface area (Å²) in [6.45, 7) is 48.1. The van der Waals surface area contributed by atoms with Gasteiger partial charge in [0.15, 0.2) is 0 Å². The van der Waals surface area contributed by atoms with Crippen molar-refractivity contribution in [3.8, 4) is 11.1 Å². The summed E-state index contributed by atoms with van der Waals surface area (Å²) >= 11 is 0. The van der Waals surface area contributed by atoms with Crippen molar-refractivity contribution in [3.63, 3.8) is 0 Å². The monoisotopic (exact) mass is 891 g/mol. The average Bonchev–Trinajstić information content (AvgIpc) is 3.97. The van der Waals surface area contributed by atoms with Gasteiger partial charge in [0.25, 0.3) is 0 Å². The molecule has 2 aliphatic carbocycles. The zero-order valence-corrected chi connectivity index (χ0v) is 44.2. The Hall–Kier alpha value is -5.98. The Labute approximate surface area is 411 Å². The number of hydrogen-bond acceptors (Lipinski definition) is 0. The van der Waals surface area contributed by atoms with Crippen LogP contribution in [-0.4, -0.2) is 0 Å². The Morgan fingerprint density at radius 3 is 1.88 bits per heavy atom. The molecular weight excluding hydrogens is 805 g/mol. The summed E-state index contributed by atoms with van der Waals surface area (Å²) in [7, 11) is 0. The van der Waals surface area contributed by atoms with E-state index < -0.39 is 0 Å². The van der Waals surface area contributed by atoms with Crippen molar-refractivity contribution >= 4 is 17.7 Å². The molecule has 0 saturated carbocycles. The lowest BCUT2D eigenvalue weighted by atomic mass is 9.72. The van der Waals surface area contributed by atoms with E-state index in [-0.39, 0.29) is 11.3 Å². The molecule has 4 aromatic carbocycles. The molecule has 0 heterocycles. The van der Waals surface area contributed by atoms with Crippen LogP contribution >= 0.6 is 0 Å². The predicted molar refractivity (Wildman–Crippen MR) is 306 cm³/mol. The highest BCUT2D eigenvalue weighted by atomic mass is 14.5. The van der Waals surface area contributed by atoms with E-state index in [9.17, 15) is 0 Å². The van der Waals surface area contributed by atoms with E-state index in [0.717, 1.165) is 30.4 Å². The zero-order valence-electron chi connectivity index (χ0n) is 44.2. The first kappa shape index (κ1) is 57.1. The molecule has 0 saturated heterocycles. The lowest BCUT2D eigenvalue weighted by Gasteiger charge is -2.30. The van der Waals surface area contributed by atoms with Gasteiger partial charge in [-0.25, -0.2) is 0 Å². The maximum atomic E-state index is 4.28. The van der Waals surface area contributed by atoms with Crippen LogP contribution in [0.5, 0.6) is 0 Å². The number of benzene rings is 4. The fourth-order valence-electron chi connectivity index (χ4n) is 9.40. The third-order valence-electron chi connectivity index (χ3n) is 12.8. The van der Waals surface area contributed by atoms with Gasteiger partial charge in [-0.05, 0) is 151 Å². The van der Waals surface area contributed by atoms with Gasteiger partial charge >= 0.3 is 0 Å². The quantitative estimate of drug-likeness (QED) is 0.0824. The Balaban J connectivity index is 0.000000409.